The molecule has 0 bridgehead atoms. The molecule has 4 rings (SSSR count). The van der Waals surface area contributed by atoms with E-state index in [0.717, 1.165) is 19.1 Å². The molecule has 2 nitrogen and oxygen atoms in total. The summed E-state index contributed by atoms with van der Waals surface area (Å²) in [4.78, 5) is 2.54. The first-order valence-corrected chi connectivity index (χ1v) is 8.05. The minimum absolute atomic E-state index is 0.668. The van der Waals surface area contributed by atoms with Crippen LogP contribution < -0.4 is 10.2 Å². The first-order valence-electron chi connectivity index (χ1n) is 8.05. The predicted molar refractivity (Wildman–Crippen MR) is 88.7 cm³/mol. The molecule has 1 atom stereocenters. The van der Waals surface area contributed by atoms with Crippen molar-refractivity contribution >= 4 is 5.69 Å². The van der Waals surface area contributed by atoms with Crippen LogP contribution in [0.1, 0.15) is 19.3 Å². The molecule has 1 saturated carbocycles. The van der Waals surface area contributed by atoms with E-state index in [4.69, 9.17) is 0 Å². The van der Waals surface area contributed by atoms with Crippen LogP contribution in [0.2, 0.25) is 0 Å². The summed E-state index contributed by atoms with van der Waals surface area (Å²) in [5, 5.41) is 3.77. The van der Waals surface area contributed by atoms with Crippen LogP contribution >= 0.6 is 0 Å². The fraction of sp³-hybridized carbons (Fsp3) is 0.368. The lowest BCUT2D eigenvalue weighted by molar-refractivity contribution is 0.548. The van der Waals surface area contributed by atoms with Gasteiger partial charge in [-0.15, -0.1) is 0 Å². The lowest BCUT2D eigenvalue weighted by atomic mass is 10.0. The Bertz CT molecular complexity index is 604. The standard InChI is InChI=1S/C19H22N2/c1-2-6-15(7-3-1)18-8-4-5-9-19(18)21-13-12-17(14-21)20-16-10-11-16/h1-9,16-17,20H,10-14H2. The first-order chi connectivity index (χ1) is 10.4. The highest BCUT2D eigenvalue weighted by Gasteiger charge is 2.29. The average molecular weight is 278 g/mol. The summed E-state index contributed by atoms with van der Waals surface area (Å²) in [5.41, 5.74) is 4.04. The lowest BCUT2D eigenvalue weighted by Crippen LogP contribution is -2.34. The van der Waals surface area contributed by atoms with Crippen molar-refractivity contribution in [2.45, 2.75) is 31.3 Å². The molecule has 21 heavy (non-hydrogen) atoms. The smallest absolute Gasteiger partial charge is 0.0446 e. The van der Waals surface area contributed by atoms with Crippen molar-refractivity contribution in [2.75, 3.05) is 18.0 Å². The zero-order valence-corrected chi connectivity index (χ0v) is 12.3. The zero-order valence-electron chi connectivity index (χ0n) is 12.3. The van der Waals surface area contributed by atoms with Crippen LogP contribution in [-0.2, 0) is 0 Å². The van der Waals surface area contributed by atoms with Gasteiger partial charge < -0.3 is 10.2 Å². The summed E-state index contributed by atoms with van der Waals surface area (Å²) in [7, 11) is 0. The van der Waals surface area contributed by atoms with E-state index in [1.54, 1.807) is 0 Å². The van der Waals surface area contributed by atoms with Crippen LogP contribution in [0.15, 0.2) is 54.6 Å². The van der Waals surface area contributed by atoms with Gasteiger partial charge in [0.05, 0.1) is 0 Å². The van der Waals surface area contributed by atoms with Gasteiger partial charge in [0.25, 0.3) is 0 Å². The van der Waals surface area contributed by atoms with Crippen LogP contribution in [0.25, 0.3) is 11.1 Å². The van der Waals surface area contributed by atoms with Gasteiger partial charge in [0.2, 0.25) is 0 Å². The molecular formula is C19H22N2. The largest absolute Gasteiger partial charge is 0.369 e. The number of nitrogens with one attached hydrogen (secondary N) is 1. The molecule has 0 spiro atoms. The predicted octanol–water partition coefficient (Wildman–Crippen LogP) is 3.68. The number of anilines is 1. The van der Waals surface area contributed by atoms with Crippen molar-refractivity contribution in [3.8, 4) is 11.1 Å². The molecule has 0 amide bonds. The van der Waals surface area contributed by atoms with E-state index in [-0.39, 0.29) is 0 Å². The third-order valence-corrected chi connectivity index (χ3v) is 4.57. The van der Waals surface area contributed by atoms with Gasteiger partial charge in [0.1, 0.15) is 0 Å². The zero-order chi connectivity index (χ0) is 14.1. The van der Waals surface area contributed by atoms with Gasteiger partial charge in [-0.1, -0.05) is 48.5 Å². The minimum atomic E-state index is 0.668. The Hall–Kier alpha value is -1.80. The molecule has 108 valence electrons. The van der Waals surface area contributed by atoms with E-state index in [1.165, 1.54) is 36.1 Å². The fourth-order valence-corrected chi connectivity index (χ4v) is 3.31. The highest BCUT2D eigenvalue weighted by Crippen LogP contribution is 2.33. The molecule has 1 aliphatic heterocycles. The Balaban J connectivity index is 1.57. The van der Waals surface area contributed by atoms with Gasteiger partial charge in [-0.25, -0.2) is 0 Å². The number of rotatable bonds is 4. The normalized spacial score (nSPS) is 21.7. The number of hydrogen-bond acceptors (Lipinski definition) is 2. The van der Waals surface area contributed by atoms with E-state index in [1.807, 2.05) is 0 Å². The van der Waals surface area contributed by atoms with Crippen molar-refractivity contribution in [1.29, 1.82) is 0 Å². The van der Waals surface area contributed by atoms with Crippen LogP contribution in [-0.4, -0.2) is 25.2 Å². The van der Waals surface area contributed by atoms with E-state index < -0.39 is 0 Å². The molecule has 2 aliphatic rings. The highest BCUT2D eigenvalue weighted by atomic mass is 15.2. The third kappa shape index (κ3) is 2.81. The summed E-state index contributed by atoms with van der Waals surface area (Å²) < 4.78 is 0. The number of benzene rings is 2. The topological polar surface area (TPSA) is 15.3 Å². The Morgan fingerprint density at radius 1 is 0.810 bits per heavy atom. The summed E-state index contributed by atoms with van der Waals surface area (Å²) in [6, 6.07) is 21.0. The van der Waals surface area contributed by atoms with Gasteiger partial charge in [0.15, 0.2) is 0 Å². The summed E-state index contributed by atoms with van der Waals surface area (Å²) >= 11 is 0. The number of hydrogen-bond donors (Lipinski definition) is 1. The fourth-order valence-electron chi connectivity index (χ4n) is 3.31. The Morgan fingerprint density at radius 3 is 2.38 bits per heavy atom. The number of para-hydroxylation sites is 1. The van der Waals surface area contributed by atoms with Crippen molar-refractivity contribution in [3.63, 3.8) is 0 Å². The molecule has 2 heteroatoms. The van der Waals surface area contributed by atoms with Gasteiger partial charge in [-0.3, -0.25) is 0 Å². The van der Waals surface area contributed by atoms with E-state index in [0.29, 0.717) is 6.04 Å². The van der Waals surface area contributed by atoms with Crippen LogP contribution in [0.4, 0.5) is 5.69 Å². The summed E-state index contributed by atoms with van der Waals surface area (Å²) in [6.07, 6.45) is 4.01. The molecule has 2 aromatic carbocycles. The monoisotopic (exact) mass is 278 g/mol. The Kier molecular flexibility index (Phi) is 3.40. The lowest BCUT2D eigenvalue weighted by Gasteiger charge is -2.22. The average Bonchev–Trinajstić information content (AvgIpc) is 3.24. The molecule has 1 unspecified atom stereocenters. The van der Waals surface area contributed by atoms with Gasteiger partial charge in [0, 0.05) is 36.4 Å². The van der Waals surface area contributed by atoms with Crippen molar-refractivity contribution in [3.05, 3.63) is 54.6 Å². The maximum absolute atomic E-state index is 3.77. The first kappa shape index (κ1) is 12.9. The molecule has 1 N–H and O–H groups in total. The van der Waals surface area contributed by atoms with E-state index in [9.17, 15) is 0 Å². The van der Waals surface area contributed by atoms with Crippen LogP contribution in [0, 0.1) is 0 Å². The van der Waals surface area contributed by atoms with Gasteiger partial charge >= 0.3 is 0 Å². The Morgan fingerprint density at radius 2 is 1.57 bits per heavy atom. The van der Waals surface area contributed by atoms with Crippen LogP contribution in [0.3, 0.4) is 0 Å². The molecule has 0 radical (unpaired) electrons. The van der Waals surface area contributed by atoms with Crippen molar-refractivity contribution in [2.24, 2.45) is 0 Å². The van der Waals surface area contributed by atoms with Crippen LogP contribution in [0.5, 0.6) is 0 Å². The van der Waals surface area contributed by atoms with Crippen molar-refractivity contribution in [1.82, 2.24) is 5.32 Å². The number of nitrogens with zero attached hydrogens (tertiary/aromatic N) is 1. The minimum Gasteiger partial charge on any atom is -0.369 e. The maximum Gasteiger partial charge on any atom is 0.0446 e. The quantitative estimate of drug-likeness (QED) is 0.917. The third-order valence-electron chi connectivity index (χ3n) is 4.57. The Labute approximate surface area is 126 Å². The molecule has 2 fully saturated rings. The second-order valence-electron chi connectivity index (χ2n) is 6.26. The van der Waals surface area contributed by atoms with Crippen molar-refractivity contribution < 1.29 is 0 Å². The van der Waals surface area contributed by atoms with E-state index in [2.05, 4.69) is 64.8 Å². The SMILES string of the molecule is c1ccc(-c2ccccc2N2CCC(NC3CC3)C2)cc1. The second kappa shape index (κ2) is 5.53. The second-order valence-corrected chi connectivity index (χ2v) is 6.26. The molecule has 2 aromatic rings. The molecular weight excluding hydrogens is 256 g/mol. The maximum atomic E-state index is 3.77. The molecule has 1 heterocycles. The van der Waals surface area contributed by atoms with Gasteiger partial charge in [-0.05, 0) is 30.9 Å². The molecule has 0 aromatic heterocycles. The highest BCUT2D eigenvalue weighted by molar-refractivity contribution is 5.78. The summed E-state index contributed by atoms with van der Waals surface area (Å²) in [5.74, 6) is 0. The van der Waals surface area contributed by atoms with E-state index >= 15 is 0 Å². The summed E-state index contributed by atoms with van der Waals surface area (Å²) in [6.45, 7) is 2.30. The molecule has 1 aliphatic carbocycles. The van der Waals surface area contributed by atoms with Gasteiger partial charge in [-0.2, -0.15) is 0 Å². The molecule has 1 saturated heterocycles.